The van der Waals surface area contributed by atoms with Crippen molar-refractivity contribution in [3.05, 3.63) is 23.8 Å². The van der Waals surface area contributed by atoms with Gasteiger partial charge in [0.05, 0.1) is 12.7 Å². The molecule has 7 heteroatoms. The SMILES string of the molecule is CCC1(CNS(=O)(=O)c2cc(C(=O)O)ccc2OC)CC1. The zero-order valence-corrected chi connectivity index (χ0v) is 12.9. The van der Waals surface area contributed by atoms with Crippen LogP contribution in [-0.4, -0.2) is 33.1 Å². The third-order valence-corrected chi connectivity index (χ3v) is 5.47. The highest BCUT2D eigenvalue weighted by Crippen LogP contribution is 2.48. The van der Waals surface area contributed by atoms with Crippen LogP contribution < -0.4 is 9.46 Å². The molecule has 2 rings (SSSR count). The highest BCUT2D eigenvalue weighted by atomic mass is 32.2. The number of carboxylic acids is 1. The Kier molecular flexibility index (Phi) is 4.25. The molecular formula is C14H19NO5S. The van der Waals surface area contributed by atoms with Gasteiger partial charge in [-0.3, -0.25) is 0 Å². The number of hydrogen-bond acceptors (Lipinski definition) is 4. The maximum Gasteiger partial charge on any atom is 0.335 e. The van der Waals surface area contributed by atoms with Crippen molar-refractivity contribution in [1.82, 2.24) is 4.72 Å². The lowest BCUT2D eigenvalue weighted by molar-refractivity contribution is 0.0696. The van der Waals surface area contributed by atoms with E-state index < -0.39 is 16.0 Å². The van der Waals surface area contributed by atoms with E-state index in [0.29, 0.717) is 6.54 Å². The predicted molar refractivity (Wildman–Crippen MR) is 77.1 cm³/mol. The van der Waals surface area contributed by atoms with Gasteiger partial charge in [-0.1, -0.05) is 6.92 Å². The topological polar surface area (TPSA) is 92.7 Å². The Labute approximate surface area is 124 Å². The Balaban J connectivity index is 2.29. The molecule has 1 fully saturated rings. The van der Waals surface area contributed by atoms with Crippen LogP contribution in [0.4, 0.5) is 0 Å². The maximum absolute atomic E-state index is 12.4. The summed E-state index contributed by atoms with van der Waals surface area (Å²) >= 11 is 0. The van der Waals surface area contributed by atoms with Crippen molar-refractivity contribution < 1.29 is 23.1 Å². The number of aromatic carboxylic acids is 1. The van der Waals surface area contributed by atoms with E-state index in [1.807, 2.05) is 6.92 Å². The Hall–Kier alpha value is -1.60. The van der Waals surface area contributed by atoms with Gasteiger partial charge in [0.25, 0.3) is 0 Å². The van der Waals surface area contributed by atoms with Gasteiger partial charge in [-0.05, 0) is 42.9 Å². The molecule has 0 aromatic heterocycles. The minimum absolute atomic E-state index is 0.0602. The highest BCUT2D eigenvalue weighted by Gasteiger charge is 2.41. The first kappa shape index (κ1) is 15.8. The first-order chi connectivity index (χ1) is 9.83. The van der Waals surface area contributed by atoms with Crippen LogP contribution in [-0.2, 0) is 10.0 Å². The lowest BCUT2D eigenvalue weighted by Crippen LogP contribution is -2.30. The number of hydrogen-bond donors (Lipinski definition) is 2. The molecule has 6 nitrogen and oxygen atoms in total. The molecule has 0 saturated heterocycles. The summed E-state index contributed by atoms with van der Waals surface area (Å²) in [7, 11) is -2.45. The lowest BCUT2D eigenvalue weighted by atomic mass is 10.1. The van der Waals surface area contributed by atoms with E-state index >= 15 is 0 Å². The molecule has 0 aliphatic heterocycles. The van der Waals surface area contributed by atoms with E-state index in [1.54, 1.807) is 0 Å². The van der Waals surface area contributed by atoms with Crippen LogP contribution in [0.25, 0.3) is 0 Å². The fraction of sp³-hybridized carbons (Fsp3) is 0.500. The molecule has 1 saturated carbocycles. The van der Waals surface area contributed by atoms with Crippen molar-refractivity contribution in [2.24, 2.45) is 5.41 Å². The van der Waals surface area contributed by atoms with Crippen LogP contribution in [0.1, 0.15) is 36.5 Å². The number of methoxy groups -OCH3 is 1. The maximum atomic E-state index is 12.4. The van der Waals surface area contributed by atoms with Gasteiger partial charge in [-0.2, -0.15) is 0 Å². The van der Waals surface area contributed by atoms with Crippen LogP contribution >= 0.6 is 0 Å². The van der Waals surface area contributed by atoms with Crippen LogP contribution in [0.2, 0.25) is 0 Å². The molecule has 0 bridgehead atoms. The summed E-state index contributed by atoms with van der Waals surface area (Å²) in [6, 6.07) is 3.79. The molecule has 0 heterocycles. The lowest BCUT2D eigenvalue weighted by Gasteiger charge is -2.15. The van der Waals surface area contributed by atoms with Gasteiger partial charge in [0.15, 0.2) is 0 Å². The minimum Gasteiger partial charge on any atom is -0.495 e. The molecule has 21 heavy (non-hydrogen) atoms. The highest BCUT2D eigenvalue weighted by molar-refractivity contribution is 7.89. The number of sulfonamides is 1. The van der Waals surface area contributed by atoms with Crippen molar-refractivity contribution in [3.63, 3.8) is 0 Å². The second-order valence-corrected chi connectivity index (χ2v) is 7.08. The van der Waals surface area contributed by atoms with E-state index in [1.165, 1.54) is 19.2 Å². The molecule has 116 valence electrons. The third kappa shape index (κ3) is 3.36. The standard InChI is InChI=1S/C14H19NO5S/c1-3-14(6-7-14)9-15-21(18,19)12-8-10(13(16)17)4-5-11(12)20-2/h4-5,8,15H,3,6-7,9H2,1-2H3,(H,16,17). The summed E-state index contributed by atoms with van der Waals surface area (Å²) in [6.45, 7) is 2.40. The molecule has 1 aromatic rings. The molecule has 1 aliphatic rings. The Morgan fingerprint density at radius 2 is 2.10 bits per heavy atom. The molecule has 2 N–H and O–H groups in total. The fourth-order valence-corrected chi connectivity index (χ4v) is 3.53. The number of benzene rings is 1. The van der Waals surface area contributed by atoms with Crippen LogP contribution in [0.5, 0.6) is 5.75 Å². The molecule has 1 aromatic carbocycles. The minimum atomic E-state index is -3.80. The molecule has 1 aliphatic carbocycles. The van der Waals surface area contributed by atoms with Gasteiger partial charge < -0.3 is 9.84 Å². The van der Waals surface area contributed by atoms with Crippen molar-refractivity contribution in [1.29, 1.82) is 0 Å². The van der Waals surface area contributed by atoms with Crippen LogP contribution in [0, 0.1) is 5.41 Å². The number of carbonyl (C=O) groups is 1. The van der Waals surface area contributed by atoms with Crippen LogP contribution in [0.15, 0.2) is 23.1 Å². The summed E-state index contributed by atoms with van der Waals surface area (Å²) < 4.78 is 32.4. The van der Waals surface area contributed by atoms with E-state index in [-0.39, 0.29) is 21.6 Å². The number of ether oxygens (including phenoxy) is 1. The molecular weight excluding hydrogens is 294 g/mol. The molecule has 0 spiro atoms. The predicted octanol–water partition coefficient (Wildman–Crippen LogP) is 1.86. The normalized spacial score (nSPS) is 16.5. The Bertz CT molecular complexity index is 649. The van der Waals surface area contributed by atoms with E-state index in [9.17, 15) is 13.2 Å². The van der Waals surface area contributed by atoms with Gasteiger partial charge in [0, 0.05) is 6.54 Å². The Morgan fingerprint density at radius 1 is 1.43 bits per heavy atom. The molecule has 0 amide bonds. The first-order valence-electron chi connectivity index (χ1n) is 6.74. The largest absolute Gasteiger partial charge is 0.495 e. The zero-order chi connectivity index (χ0) is 15.7. The molecule has 0 radical (unpaired) electrons. The zero-order valence-electron chi connectivity index (χ0n) is 12.0. The number of rotatable bonds is 7. The van der Waals surface area contributed by atoms with Crippen LogP contribution in [0.3, 0.4) is 0 Å². The summed E-state index contributed by atoms with van der Waals surface area (Å²) in [5.41, 5.74) is -0.0298. The monoisotopic (exact) mass is 313 g/mol. The van der Waals surface area contributed by atoms with Crippen molar-refractivity contribution in [2.45, 2.75) is 31.1 Å². The summed E-state index contributed by atoms with van der Waals surface area (Å²) in [6.07, 6.45) is 2.94. The average molecular weight is 313 g/mol. The van der Waals surface area contributed by atoms with Crippen molar-refractivity contribution in [2.75, 3.05) is 13.7 Å². The summed E-state index contributed by atoms with van der Waals surface area (Å²) in [4.78, 5) is 10.9. The second-order valence-electron chi connectivity index (χ2n) is 5.35. The van der Waals surface area contributed by atoms with E-state index in [0.717, 1.165) is 25.3 Å². The quantitative estimate of drug-likeness (QED) is 0.801. The van der Waals surface area contributed by atoms with Gasteiger partial charge in [-0.25, -0.2) is 17.9 Å². The smallest absolute Gasteiger partial charge is 0.335 e. The van der Waals surface area contributed by atoms with Gasteiger partial charge in [0.2, 0.25) is 10.0 Å². The van der Waals surface area contributed by atoms with Gasteiger partial charge in [0.1, 0.15) is 10.6 Å². The average Bonchev–Trinajstić information content (AvgIpc) is 3.25. The fourth-order valence-electron chi connectivity index (χ4n) is 2.18. The third-order valence-electron chi connectivity index (χ3n) is 4.04. The number of carboxylic acid groups (broad SMARTS) is 1. The molecule has 0 unspecified atom stereocenters. The Morgan fingerprint density at radius 3 is 2.57 bits per heavy atom. The molecule has 0 atom stereocenters. The van der Waals surface area contributed by atoms with E-state index in [4.69, 9.17) is 9.84 Å². The second kappa shape index (κ2) is 5.65. The van der Waals surface area contributed by atoms with E-state index in [2.05, 4.69) is 4.72 Å². The number of nitrogens with one attached hydrogen (secondary N) is 1. The van der Waals surface area contributed by atoms with Gasteiger partial charge >= 0.3 is 5.97 Å². The van der Waals surface area contributed by atoms with Gasteiger partial charge in [-0.15, -0.1) is 0 Å². The summed E-state index contributed by atoms with van der Waals surface area (Å²) in [5.74, 6) is -1.05. The first-order valence-corrected chi connectivity index (χ1v) is 8.23. The van der Waals surface area contributed by atoms with Crippen molar-refractivity contribution in [3.8, 4) is 5.75 Å². The van der Waals surface area contributed by atoms with Crippen molar-refractivity contribution >= 4 is 16.0 Å². The summed E-state index contributed by atoms with van der Waals surface area (Å²) in [5, 5.41) is 8.99.